The highest BCUT2D eigenvalue weighted by atomic mass is 35.5. The zero-order valence-corrected chi connectivity index (χ0v) is 14.6. The van der Waals surface area contributed by atoms with E-state index < -0.39 is 0 Å². The molecule has 0 atom stereocenters. The second-order valence-electron chi connectivity index (χ2n) is 5.06. The molecule has 0 aromatic carbocycles. The highest BCUT2D eigenvalue weighted by molar-refractivity contribution is 4.46. The Morgan fingerprint density at radius 1 is 0.600 bits per heavy atom. The Morgan fingerprint density at radius 3 is 1.30 bits per heavy atom. The van der Waals surface area contributed by atoms with E-state index in [2.05, 4.69) is 6.92 Å². The molecule has 4 nitrogen and oxygen atoms in total. The van der Waals surface area contributed by atoms with E-state index in [4.69, 9.17) is 14.5 Å². The largest absolute Gasteiger partial charge is 1.00 e. The van der Waals surface area contributed by atoms with Gasteiger partial charge in [0.15, 0.2) is 6.54 Å². The second-order valence-corrected chi connectivity index (χ2v) is 5.06. The molecule has 0 aromatic heterocycles. The van der Waals surface area contributed by atoms with E-state index in [9.17, 15) is 0 Å². The van der Waals surface area contributed by atoms with Gasteiger partial charge in [0.25, 0.3) is 0 Å². The first kappa shape index (κ1) is 22.4. The summed E-state index contributed by atoms with van der Waals surface area (Å²) in [5.41, 5.74) is 0. The van der Waals surface area contributed by atoms with Gasteiger partial charge in [-0.25, -0.2) is 0 Å². The van der Waals surface area contributed by atoms with Gasteiger partial charge in [0.1, 0.15) is 21.3 Å². The third-order valence-corrected chi connectivity index (χ3v) is 3.62. The molecule has 0 heterocycles. The summed E-state index contributed by atoms with van der Waals surface area (Å²) in [5.74, 6) is 0. The van der Waals surface area contributed by atoms with Crippen molar-refractivity contribution in [3.05, 3.63) is 0 Å². The van der Waals surface area contributed by atoms with Gasteiger partial charge in [-0.1, -0.05) is 58.3 Å². The SMILES string of the molecule is CCCCCCCCCCCC[N+](OC)(OC)OC.[Cl-]. The highest BCUT2D eigenvalue weighted by Gasteiger charge is 2.29. The van der Waals surface area contributed by atoms with Gasteiger partial charge in [-0.2, -0.15) is 0 Å². The van der Waals surface area contributed by atoms with Crippen molar-refractivity contribution in [2.45, 2.75) is 71.1 Å². The monoisotopic (exact) mass is 311 g/mol. The standard InChI is InChI=1S/C15H34NO3.ClH/c1-5-6-7-8-9-10-11-12-13-14-15-16(17-2,18-3)19-4;/h5-15H2,1-4H3;1H/q+1;/p-1. The topological polar surface area (TPSA) is 27.7 Å². The van der Waals surface area contributed by atoms with Crippen LogP contribution in [0.15, 0.2) is 0 Å². The van der Waals surface area contributed by atoms with E-state index in [1.165, 1.54) is 57.8 Å². The average molecular weight is 312 g/mol. The van der Waals surface area contributed by atoms with Crippen LogP contribution in [0.2, 0.25) is 0 Å². The first-order valence-electron chi connectivity index (χ1n) is 7.80. The maximum absolute atomic E-state index is 5.21. The summed E-state index contributed by atoms with van der Waals surface area (Å²) in [6.07, 6.45) is 13.2. The Balaban J connectivity index is 0. The van der Waals surface area contributed by atoms with E-state index in [1.54, 1.807) is 21.3 Å². The molecule has 20 heavy (non-hydrogen) atoms. The van der Waals surface area contributed by atoms with Crippen molar-refractivity contribution in [3.8, 4) is 0 Å². The molecule has 0 aliphatic rings. The predicted molar refractivity (Wildman–Crippen MR) is 78.0 cm³/mol. The van der Waals surface area contributed by atoms with Gasteiger partial charge in [0.2, 0.25) is 0 Å². The van der Waals surface area contributed by atoms with E-state index in [0.717, 1.165) is 13.0 Å². The van der Waals surface area contributed by atoms with Crippen LogP contribution in [0.4, 0.5) is 0 Å². The lowest BCUT2D eigenvalue weighted by Crippen LogP contribution is -3.00. The molecule has 0 aromatic rings. The van der Waals surface area contributed by atoms with Gasteiger partial charge in [0, 0.05) is 6.42 Å². The molecule has 0 amide bonds. The van der Waals surface area contributed by atoms with Crippen LogP contribution in [0.25, 0.3) is 0 Å². The molecule has 0 aliphatic heterocycles. The summed E-state index contributed by atoms with van der Waals surface area (Å²) in [5, 5.41) is 0. The van der Waals surface area contributed by atoms with Crippen molar-refractivity contribution in [1.82, 2.24) is 0 Å². The summed E-state index contributed by atoms with van der Waals surface area (Å²) in [4.78, 5) is 15.5. The van der Waals surface area contributed by atoms with Crippen LogP contribution in [0, 0.1) is 0 Å². The van der Waals surface area contributed by atoms with Crippen LogP contribution in [0.1, 0.15) is 71.1 Å². The summed E-state index contributed by atoms with van der Waals surface area (Å²) in [7, 11) is 4.80. The van der Waals surface area contributed by atoms with Crippen LogP contribution >= 0.6 is 0 Å². The van der Waals surface area contributed by atoms with Crippen molar-refractivity contribution in [2.24, 2.45) is 0 Å². The molecule has 0 saturated carbocycles. The summed E-state index contributed by atoms with van der Waals surface area (Å²) >= 11 is 0. The van der Waals surface area contributed by atoms with Gasteiger partial charge in [0.05, 0.1) is 4.97 Å². The lowest BCUT2D eigenvalue weighted by molar-refractivity contribution is -1.36. The van der Waals surface area contributed by atoms with Crippen molar-refractivity contribution in [3.63, 3.8) is 0 Å². The van der Waals surface area contributed by atoms with Crippen molar-refractivity contribution in [2.75, 3.05) is 27.9 Å². The molecule has 0 radical (unpaired) electrons. The molecule has 0 spiro atoms. The first-order valence-corrected chi connectivity index (χ1v) is 7.80. The van der Waals surface area contributed by atoms with Crippen molar-refractivity contribution < 1.29 is 31.9 Å². The lowest BCUT2D eigenvalue weighted by Gasteiger charge is -2.24. The maximum Gasteiger partial charge on any atom is 0.178 e. The smallest absolute Gasteiger partial charge is 0.178 e. The average Bonchev–Trinajstić information content (AvgIpc) is 2.46. The fourth-order valence-corrected chi connectivity index (χ4v) is 2.29. The normalized spacial score (nSPS) is 11.4. The molecule has 5 heteroatoms. The minimum atomic E-state index is -0.170. The molecule has 0 saturated heterocycles. The summed E-state index contributed by atoms with van der Waals surface area (Å²) in [6.45, 7) is 3.00. The second kappa shape index (κ2) is 15.5. The molecule has 0 N–H and O–H groups in total. The third-order valence-electron chi connectivity index (χ3n) is 3.62. The first-order chi connectivity index (χ1) is 9.24. The molecule has 0 fully saturated rings. The molecular formula is C15H34ClNO3. The van der Waals surface area contributed by atoms with Gasteiger partial charge in [-0.3, -0.25) is 0 Å². The number of hydroxylamine groups is 3. The van der Waals surface area contributed by atoms with Crippen LogP contribution in [-0.4, -0.2) is 32.8 Å². The highest BCUT2D eigenvalue weighted by Crippen LogP contribution is 2.14. The van der Waals surface area contributed by atoms with Crippen LogP contribution in [-0.2, 0) is 14.5 Å². The van der Waals surface area contributed by atoms with E-state index in [0.29, 0.717) is 0 Å². The number of hydrogen-bond donors (Lipinski definition) is 0. The quantitative estimate of drug-likeness (QED) is 0.276. The Hall–Kier alpha value is 0.130. The van der Waals surface area contributed by atoms with Gasteiger partial charge in [-0.05, 0) is 6.42 Å². The van der Waals surface area contributed by atoms with Crippen LogP contribution in [0.3, 0.4) is 0 Å². The third kappa shape index (κ3) is 10.9. The van der Waals surface area contributed by atoms with Crippen LogP contribution in [0.5, 0.6) is 0 Å². The number of nitrogens with zero attached hydrogens (tertiary/aromatic N) is 1. The molecule has 0 aliphatic carbocycles. The zero-order chi connectivity index (χ0) is 14.4. The Bertz CT molecular complexity index is 182. The minimum absolute atomic E-state index is 0. The number of halogens is 1. The summed E-state index contributed by atoms with van der Waals surface area (Å²) in [6, 6.07) is 0. The number of rotatable bonds is 14. The lowest BCUT2D eigenvalue weighted by atomic mass is 10.1. The van der Waals surface area contributed by atoms with E-state index in [1.807, 2.05) is 0 Å². The molecule has 0 bridgehead atoms. The van der Waals surface area contributed by atoms with E-state index >= 15 is 0 Å². The Labute approximate surface area is 131 Å². The Morgan fingerprint density at radius 2 is 0.950 bits per heavy atom. The molecule has 124 valence electrons. The fraction of sp³-hybridized carbons (Fsp3) is 1.00. The molecule has 0 unspecified atom stereocenters. The number of unbranched alkanes of at least 4 members (excludes halogenated alkanes) is 9. The number of hydrogen-bond acceptors (Lipinski definition) is 3. The van der Waals surface area contributed by atoms with Crippen molar-refractivity contribution in [1.29, 1.82) is 0 Å². The van der Waals surface area contributed by atoms with Gasteiger partial charge >= 0.3 is 0 Å². The van der Waals surface area contributed by atoms with Gasteiger partial charge < -0.3 is 12.4 Å². The Kier molecular flexibility index (Phi) is 17.4. The predicted octanol–water partition coefficient (Wildman–Crippen LogP) is 1.41. The molecule has 0 rings (SSSR count). The summed E-state index contributed by atoms with van der Waals surface area (Å²) < 4.78 is 0. The van der Waals surface area contributed by atoms with E-state index in [-0.39, 0.29) is 17.4 Å². The fourth-order valence-electron chi connectivity index (χ4n) is 2.29. The zero-order valence-electron chi connectivity index (χ0n) is 13.8. The van der Waals surface area contributed by atoms with Crippen molar-refractivity contribution >= 4 is 0 Å². The number of quaternary nitrogens is 1. The van der Waals surface area contributed by atoms with Gasteiger partial charge in [-0.15, -0.1) is 14.5 Å². The minimum Gasteiger partial charge on any atom is -1.00 e. The molecular weight excluding hydrogens is 278 g/mol. The van der Waals surface area contributed by atoms with Crippen LogP contribution < -0.4 is 12.4 Å². The maximum atomic E-state index is 5.21.